The molecule has 0 saturated carbocycles. The molecular formula is C14H21ClN4O2. The molecule has 1 fully saturated rings. The smallest absolute Gasteiger partial charge is 0.271 e. The lowest BCUT2D eigenvalue weighted by molar-refractivity contribution is 0.0867. The second-order valence-corrected chi connectivity index (χ2v) is 5.99. The summed E-state index contributed by atoms with van der Waals surface area (Å²) in [5.74, 6) is 0.223. The highest BCUT2D eigenvalue weighted by atomic mass is 35.5. The number of nitrogens with zero attached hydrogens (tertiary/aromatic N) is 3. The molecule has 1 aromatic heterocycles. The molecule has 2 heterocycles. The lowest BCUT2D eigenvalue weighted by atomic mass is 10.1. The van der Waals surface area contributed by atoms with Gasteiger partial charge in [0.25, 0.3) is 5.91 Å². The first kappa shape index (κ1) is 16.0. The van der Waals surface area contributed by atoms with E-state index in [1.54, 1.807) is 0 Å². The van der Waals surface area contributed by atoms with Crippen LogP contribution in [0.2, 0.25) is 5.02 Å². The van der Waals surface area contributed by atoms with E-state index in [1.165, 1.54) is 6.20 Å². The first-order valence-corrected chi connectivity index (χ1v) is 7.60. The van der Waals surface area contributed by atoms with Crippen molar-refractivity contribution < 1.29 is 9.90 Å². The molecule has 116 valence electrons. The maximum Gasteiger partial charge on any atom is 0.271 e. The van der Waals surface area contributed by atoms with Crippen molar-refractivity contribution in [2.45, 2.75) is 32.8 Å². The Labute approximate surface area is 129 Å². The zero-order valence-electron chi connectivity index (χ0n) is 12.3. The molecule has 2 rings (SSSR count). The van der Waals surface area contributed by atoms with Crippen molar-refractivity contribution >= 4 is 23.5 Å². The lowest BCUT2D eigenvalue weighted by Crippen LogP contribution is -2.35. The summed E-state index contributed by atoms with van der Waals surface area (Å²) in [6, 6.07) is 0. The predicted octanol–water partition coefficient (Wildman–Crippen LogP) is 1.48. The fraction of sp³-hybridized carbons (Fsp3) is 0.643. The molecular weight excluding hydrogens is 292 g/mol. The topological polar surface area (TPSA) is 78.3 Å². The quantitative estimate of drug-likeness (QED) is 0.861. The summed E-state index contributed by atoms with van der Waals surface area (Å²) in [5, 5.41) is 12.6. The van der Waals surface area contributed by atoms with E-state index in [1.807, 2.05) is 18.7 Å². The standard InChI is InChI=1S/C14H21ClN4O2/c1-9(2)11(20)8-16-13(21)12-10(15)7-17-14(18-12)19-5-3-4-6-19/h7,9,11,20H,3-6,8H2,1-2H3,(H,16,21). The minimum Gasteiger partial charge on any atom is -0.391 e. The first-order chi connectivity index (χ1) is 9.99. The molecule has 6 nitrogen and oxygen atoms in total. The predicted molar refractivity (Wildman–Crippen MR) is 81.7 cm³/mol. The number of amides is 1. The van der Waals surface area contributed by atoms with Gasteiger partial charge in [0.15, 0.2) is 5.69 Å². The molecule has 1 saturated heterocycles. The second kappa shape index (κ2) is 7.04. The molecule has 0 spiro atoms. The van der Waals surface area contributed by atoms with Gasteiger partial charge in [0.05, 0.1) is 17.3 Å². The van der Waals surface area contributed by atoms with Crippen LogP contribution in [0.3, 0.4) is 0 Å². The number of anilines is 1. The van der Waals surface area contributed by atoms with Crippen molar-refractivity contribution in [1.82, 2.24) is 15.3 Å². The number of carbonyl (C=O) groups excluding carboxylic acids is 1. The van der Waals surface area contributed by atoms with Gasteiger partial charge in [0.1, 0.15) is 0 Å². The summed E-state index contributed by atoms with van der Waals surface area (Å²) in [6.07, 6.45) is 3.07. The molecule has 0 aliphatic carbocycles. The third kappa shape index (κ3) is 4.04. The number of aliphatic hydroxyl groups excluding tert-OH is 1. The van der Waals surface area contributed by atoms with Crippen LogP contribution in [-0.4, -0.2) is 46.7 Å². The van der Waals surface area contributed by atoms with Crippen LogP contribution in [0.4, 0.5) is 5.95 Å². The third-order valence-electron chi connectivity index (χ3n) is 3.58. The first-order valence-electron chi connectivity index (χ1n) is 7.22. The van der Waals surface area contributed by atoms with Gasteiger partial charge in [-0.15, -0.1) is 0 Å². The molecule has 1 unspecified atom stereocenters. The number of carbonyl (C=O) groups is 1. The molecule has 1 aromatic rings. The van der Waals surface area contributed by atoms with Crippen LogP contribution >= 0.6 is 11.6 Å². The summed E-state index contributed by atoms with van der Waals surface area (Å²) >= 11 is 6.01. The van der Waals surface area contributed by atoms with Crippen molar-refractivity contribution in [3.63, 3.8) is 0 Å². The van der Waals surface area contributed by atoms with Crippen LogP contribution in [-0.2, 0) is 0 Å². The molecule has 1 aliphatic rings. The summed E-state index contributed by atoms with van der Waals surface area (Å²) in [4.78, 5) is 22.6. The van der Waals surface area contributed by atoms with E-state index in [2.05, 4.69) is 15.3 Å². The molecule has 0 aromatic carbocycles. The fourth-order valence-corrected chi connectivity index (χ4v) is 2.28. The number of nitrogens with one attached hydrogen (secondary N) is 1. The van der Waals surface area contributed by atoms with E-state index in [4.69, 9.17) is 11.6 Å². The summed E-state index contributed by atoms with van der Waals surface area (Å²) in [7, 11) is 0. The maximum atomic E-state index is 12.1. The highest BCUT2D eigenvalue weighted by Crippen LogP contribution is 2.19. The summed E-state index contributed by atoms with van der Waals surface area (Å²) in [5.41, 5.74) is 0.157. The van der Waals surface area contributed by atoms with E-state index >= 15 is 0 Å². The Balaban J connectivity index is 2.07. The molecule has 1 aliphatic heterocycles. The van der Waals surface area contributed by atoms with Gasteiger partial charge < -0.3 is 15.3 Å². The van der Waals surface area contributed by atoms with Crippen molar-refractivity contribution in [2.75, 3.05) is 24.5 Å². The minimum absolute atomic E-state index is 0.0753. The van der Waals surface area contributed by atoms with E-state index in [-0.39, 0.29) is 29.1 Å². The Kier molecular flexibility index (Phi) is 5.36. The fourth-order valence-electron chi connectivity index (χ4n) is 2.10. The minimum atomic E-state index is -0.590. The van der Waals surface area contributed by atoms with Gasteiger partial charge >= 0.3 is 0 Å². The van der Waals surface area contributed by atoms with Crippen molar-refractivity contribution in [2.24, 2.45) is 5.92 Å². The summed E-state index contributed by atoms with van der Waals surface area (Å²) < 4.78 is 0. The SMILES string of the molecule is CC(C)C(O)CNC(=O)c1nc(N2CCCC2)ncc1Cl. The Morgan fingerprint density at radius 3 is 2.76 bits per heavy atom. The highest BCUT2D eigenvalue weighted by Gasteiger charge is 2.20. The number of hydrogen-bond donors (Lipinski definition) is 2. The number of aromatic nitrogens is 2. The number of rotatable bonds is 5. The van der Waals surface area contributed by atoms with E-state index in [0.29, 0.717) is 5.95 Å². The molecule has 7 heteroatoms. The van der Waals surface area contributed by atoms with Crippen LogP contribution in [0.1, 0.15) is 37.2 Å². The van der Waals surface area contributed by atoms with Crippen molar-refractivity contribution in [1.29, 1.82) is 0 Å². The second-order valence-electron chi connectivity index (χ2n) is 5.58. The van der Waals surface area contributed by atoms with Gasteiger partial charge in [0, 0.05) is 19.6 Å². The monoisotopic (exact) mass is 312 g/mol. The van der Waals surface area contributed by atoms with Gasteiger partial charge in [-0.05, 0) is 18.8 Å². The van der Waals surface area contributed by atoms with Gasteiger partial charge in [-0.25, -0.2) is 9.97 Å². The molecule has 1 amide bonds. The van der Waals surface area contributed by atoms with Crippen LogP contribution in [0.5, 0.6) is 0 Å². The summed E-state index contributed by atoms with van der Waals surface area (Å²) in [6.45, 7) is 5.75. The number of hydrogen-bond acceptors (Lipinski definition) is 5. The molecule has 0 radical (unpaired) electrons. The van der Waals surface area contributed by atoms with Gasteiger partial charge in [0.2, 0.25) is 5.95 Å². The zero-order chi connectivity index (χ0) is 15.4. The molecule has 1 atom stereocenters. The Morgan fingerprint density at radius 1 is 1.48 bits per heavy atom. The van der Waals surface area contributed by atoms with Gasteiger partial charge in [-0.1, -0.05) is 25.4 Å². The van der Waals surface area contributed by atoms with E-state index in [0.717, 1.165) is 25.9 Å². The lowest BCUT2D eigenvalue weighted by Gasteiger charge is -2.17. The zero-order valence-corrected chi connectivity index (χ0v) is 13.1. The average Bonchev–Trinajstić information content (AvgIpc) is 2.98. The number of aliphatic hydroxyl groups is 1. The van der Waals surface area contributed by atoms with Crippen LogP contribution in [0.25, 0.3) is 0 Å². The van der Waals surface area contributed by atoms with Crippen LogP contribution in [0, 0.1) is 5.92 Å². The Bertz CT molecular complexity index is 504. The van der Waals surface area contributed by atoms with Gasteiger partial charge in [-0.2, -0.15) is 0 Å². The molecule has 21 heavy (non-hydrogen) atoms. The average molecular weight is 313 g/mol. The van der Waals surface area contributed by atoms with E-state index < -0.39 is 6.10 Å². The Hall–Kier alpha value is -1.40. The molecule has 2 N–H and O–H groups in total. The molecule has 0 bridgehead atoms. The normalized spacial score (nSPS) is 16.3. The third-order valence-corrected chi connectivity index (χ3v) is 3.85. The number of halogens is 1. The van der Waals surface area contributed by atoms with Crippen molar-refractivity contribution in [3.05, 3.63) is 16.9 Å². The van der Waals surface area contributed by atoms with E-state index in [9.17, 15) is 9.90 Å². The van der Waals surface area contributed by atoms with Gasteiger partial charge in [-0.3, -0.25) is 4.79 Å². The van der Waals surface area contributed by atoms with Crippen molar-refractivity contribution in [3.8, 4) is 0 Å². The highest BCUT2D eigenvalue weighted by molar-refractivity contribution is 6.33. The van der Waals surface area contributed by atoms with Crippen LogP contribution in [0.15, 0.2) is 6.20 Å². The Morgan fingerprint density at radius 2 is 2.14 bits per heavy atom. The largest absolute Gasteiger partial charge is 0.391 e. The maximum absolute atomic E-state index is 12.1. The van der Waals surface area contributed by atoms with Crippen LogP contribution < -0.4 is 10.2 Å².